The minimum atomic E-state index is -1.45. The molecule has 0 aromatic heterocycles. The van der Waals surface area contributed by atoms with Gasteiger partial charge in [-0.15, -0.1) is 0 Å². The highest BCUT2D eigenvalue weighted by Crippen LogP contribution is 2.18. The molecule has 0 aliphatic carbocycles. The molecule has 0 unspecified atom stereocenters. The van der Waals surface area contributed by atoms with Crippen LogP contribution in [0.25, 0.3) is 0 Å². The van der Waals surface area contributed by atoms with Crippen molar-refractivity contribution in [1.82, 2.24) is 21.3 Å². The van der Waals surface area contributed by atoms with Gasteiger partial charge in [0.1, 0.15) is 24.3 Å². The van der Waals surface area contributed by atoms with Crippen molar-refractivity contribution in [2.45, 2.75) is 154 Å². The number of hydrogen-bond donors (Lipinski definition) is 8. The third-order valence-corrected chi connectivity index (χ3v) is 9.83. The molecule has 2 aromatic rings. The molecular formula is C42H68N6O6. The van der Waals surface area contributed by atoms with Crippen molar-refractivity contribution in [2.24, 2.45) is 23.3 Å². The highest BCUT2D eigenvalue weighted by atomic mass is 16.3. The van der Waals surface area contributed by atoms with Crippen molar-refractivity contribution in [3.63, 3.8) is 0 Å². The number of unbranched alkanes of at least 4 members (excludes halogenated alkanes) is 4. The molecule has 0 fully saturated rings. The quantitative estimate of drug-likeness (QED) is 0.0705. The molecule has 10 N–H and O–H groups in total. The maximum atomic E-state index is 13.8. The van der Waals surface area contributed by atoms with E-state index in [-0.39, 0.29) is 11.8 Å². The predicted molar refractivity (Wildman–Crippen MR) is 214 cm³/mol. The van der Waals surface area contributed by atoms with E-state index in [0.717, 1.165) is 36.8 Å². The average Bonchev–Trinajstić information content (AvgIpc) is 3.14. The van der Waals surface area contributed by atoms with Crippen LogP contribution in [0.2, 0.25) is 0 Å². The first kappa shape index (κ1) is 46.3. The van der Waals surface area contributed by atoms with E-state index in [1.54, 1.807) is 0 Å². The number of nitrogens with two attached hydrogens (primary N) is 2. The van der Waals surface area contributed by atoms with Gasteiger partial charge in [0.25, 0.3) is 0 Å². The zero-order valence-corrected chi connectivity index (χ0v) is 33.3. The smallest absolute Gasteiger partial charge is 0.243 e. The second-order valence-electron chi connectivity index (χ2n) is 15.3. The molecule has 0 radical (unpaired) electrons. The van der Waals surface area contributed by atoms with Gasteiger partial charge in [-0.05, 0) is 48.6 Å². The Morgan fingerprint density at radius 3 is 1.17 bits per heavy atom. The third kappa shape index (κ3) is 15.9. The highest BCUT2D eigenvalue weighted by Gasteiger charge is 2.37. The summed E-state index contributed by atoms with van der Waals surface area (Å²) in [7, 11) is 0. The van der Waals surface area contributed by atoms with Crippen molar-refractivity contribution in [1.29, 1.82) is 0 Å². The molecule has 2 rings (SSSR count). The number of carbonyl (C=O) groups is 4. The molecule has 0 spiro atoms. The number of carbonyl (C=O) groups excluding carboxylic acids is 4. The van der Waals surface area contributed by atoms with Gasteiger partial charge in [-0.3, -0.25) is 19.2 Å². The second kappa shape index (κ2) is 24.5. The number of aliphatic hydroxyl groups is 2. The van der Waals surface area contributed by atoms with Crippen LogP contribution in [0.1, 0.15) is 104 Å². The molecule has 12 heteroatoms. The van der Waals surface area contributed by atoms with Crippen LogP contribution in [0.5, 0.6) is 0 Å². The number of rotatable bonds is 25. The molecule has 0 aliphatic heterocycles. The highest BCUT2D eigenvalue weighted by molar-refractivity contribution is 5.91. The molecule has 8 atom stereocenters. The van der Waals surface area contributed by atoms with Gasteiger partial charge in [-0.2, -0.15) is 0 Å². The molecule has 0 bridgehead atoms. The molecule has 12 nitrogen and oxygen atoms in total. The summed E-state index contributed by atoms with van der Waals surface area (Å²) in [5.74, 6) is -2.55. The molecule has 302 valence electrons. The van der Waals surface area contributed by atoms with Gasteiger partial charge in [0.2, 0.25) is 23.6 Å². The number of amides is 4. The Balaban J connectivity index is 2.23. The summed E-state index contributed by atoms with van der Waals surface area (Å²) >= 11 is 0. The van der Waals surface area contributed by atoms with Crippen molar-refractivity contribution in [3.05, 3.63) is 71.8 Å². The van der Waals surface area contributed by atoms with Crippen molar-refractivity contribution >= 4 is 23.6 Å². The summed E-state index contributed by atoms with van der Waals surface area (Å²) in [4.78, 5) is 53.8. The lowest BCUT2D eigenvalue weighted by molar-refractivity contribution is -0.133. The first-order valence-electron chi connectivity index (χ1n) is 19.9. The van der Waals surface area contributed by atoms with Crippen molar-refractivity contribution in [3.8, 4) is 0 Å². The van der Waals surface area contributed by atoms with Gasteiger partial charge in [0.15, 0.2) is 0 Å². The van der Waals surface area contributed by atoms with Gasteiger partial charge in [0, 0.05) is 0 Å². The molecule has 0 saturated carbocycles. The maximum absolute atomic E-state index is 13.8. The van der Waals surface area contributed by atoms with Crippen LogP contribution in [0.15, 0.2) is 60.7 Å². The van der Waals surface area contributed by atoms with Crippen LogP contribution in [-0.2, 0) is 32.0 Å². The Labute approximate surface area is 323 Å². The normalized spacial score (nSPS) is 16.0. The molecule has 0 saturated heterocycles. The van der Waals surface area contributed by atoms with Gasteiger partial charge < -0.3 is 42.9 Å². The van der Waals surface area contributed by atoms with E-state index in [2.05, 4.69) is 21.3 Å². The lowest BCUT2D eigenvalue weighted by Crippen LogP contribution is -2.61. The van der Waals surface area contributed by atoms with E-state index in [0.29, 0.717) is 38.5 Å². The zero-order valence-electron chi connectivity index (χ0n) is 33.3. The fourth-order valence-corrected chi connectivity index (χ4v) is 6.42. The summed E-state index contributed by atoms with van der Waals surface area (Å²) in [5, 5.41) is 34.9. The predicted octanol–water partition coefficient (Wildman–Crippen LogP) is 3.26. The van der Waals surface area contributed by atoms with E-state index in [1.165, 1.54) is 0 Å². The number of nitrogens with one attached hydrogen (secondary N) is 4. The fourth-order valence-electron chi connectivity index (χ4n) is 6.42. The molecule has 4 amide bonds. The number of hydrogen-bond acceptors (Lipinski definition) is 8. The van der Waals surface area contributed by atoms with Crippen LogP contribution in [0, 0.1) is 11.8 Å². The lowest BCUT2D eigenvalue weighted by atomic mass is 9.91. The maximum Gasteiger partial charge on any atom is 0.243 e. The molecule has 0 aliphatic rings. The minimum absolute atomic E-state index is 0.302. The van der Waals surface area contributed by atoms with Crippen LogP contribution < -0.4 is 32.7 Å². The molecule has 0 heterocycles. The van der Waals surface area contributed by atoms with Gasteiger partial charge in [-0.1, -0.05) is 141 Å². The Bertz CT molecular complexity index is 1290. The minimum Gasteiger partial charge on any atom is -0.388 e. The topological polar surface area (TPSA) is 209 Å². The van der Waals surface area contributed by atoms with Gasteiger partial charge >= 0.3 is 0 Å². The Hall–Kier alpha value is -3.84. The van der Waals surface area contributed by atoms with E-state index < -0.39 is 72.1 Å². The van der Waals surface area contributed by atoms with Crippen LogP contribution in [0.4, 0.5) is 0 Å². The third-order valence-electron chi connectivity index (χ3n) is 9.83. The summed E-state index contributed by atoms with van der Waals surface area (Å²) in [5.41, 5.74) is 14.2. The van der Waals surface area contributed by atoms with E-state index in [1.807, 2.05) is 102 Å². The largest absolute Gasteiger partial charge is 0.388 e. The summed E-state index contributed by atoms with van der Waals surface area (Å²) in [6.45, 7) is 11.3. The fraction of sp³-hybridized carbons (Fsp3) is 0.619. The number of aliphatic hydroxyl groups excluding tert-OH is 2. The summed E-state index contributed by atoms with van der Waals surface area (Å²) in [6, 6.07) is 13.4. The standard InChI is InChI=1S/C42H68N6O6/c1-7-9-13-23-33(45-41(53)35(27(3)4)47-39(51)31(43)25-29-19-15-11-16-20-29)37(49)38(50)34(24-14-10-8-2)46-42(54)36(28(5)6)48-40(52)32(44)26-30-21-17-12-18-22-30/h11-12,15-22,27-28,31-38,49-50H,7-10,13-14,23-26,43-44H2,1-6H3,(H,45,53)(H,46,54)(H,47,51)(H,48,52)/t31-,32-,33-,34-,35-,36-,37+,38+/m0/s1. The Morgan fingerprint density at radius 1 is 0.537 bits per heavy atom. The van der Waals surface area contributed by atoms with E-state index >= 15 is 0 Å². The van der Waals surface area contributed by atoms with Crippen LogP contribution in [0.3, 0.4) is 0 Å². The Morgan fingerprint density at radius 2 is 0.870 bits per heavy atom. The second-order valence-corrected chi connectivity index (χ2v) is 15.3. The summed E-state index contributed by atoms with van der Waals surface area (Å²) in [6.07, 6.45) is 3.25. The van der Waals surface area contributed by atoms with Crippen molar-refractivity contribution < 1.29 is 29.4 Å². The molecule has 54 heavy (non-hydrogen) atoms. The Kier molecular flexibility index (Phi) is 21.1. The first-order valence-corrected chi connectivity index (χ1v) is 19.9. The molecular weight excluding hydrogens is 684 g/mol. The SMILES string of the molecule is CCCCC[C@H](NC(=O)[C@@H](NC(=O)[C@@H](N)Cc1ccccc1)C(C)C)[C@@H](O)[C@H](O)[C@H](CCCCC)NC(=O)[C@@H](NC(=O)[C@@H](N)Cc1ccccc1)C(C)C. The van der Waals surface area contributed by atoms with Gasteiger partial charge in [0.05, 0.1) is 24.2 Å². The van der Waals surface area contributed by atoms with Crippen LogP contribution >= 0.6 is 0 Å². The van der Waals surface area contributed by atoms with E-state index in [4.69, 9.17) is 11.5 Å². The summed E-state index contributed by atoms with van der Waals surface area (Å²) < 4.78 is 0. The average molecular weight is 753 g/mol. The lowest BCUT2D eigenvalue weighted by Gasteiger charge is -2.35. The number of benzene rings is 2. The monoisotopic (exact) mass is 753 g/mol. The van der Waals surface area contributed by atoms with E-state index in [9.17, 15) is 29.4 Å². The van der Waals surface area contributed by atoms with Gasteiger partial charge in [-0.25, -0.2) is 0 Å². The van der Waals surface area contributed by atoms with Crippen molar-refractivity contribution in [2.75, 3.05) is 0 Å². The first-order chi connectivity index (χ1) is 25.7. The van der Waals surface area contributed by atoms with Crippen LogP contribution in [-0.4, -0.2) is 82.3 Å². The zero-order chi connectivity index (χ0) is 40.2. The molecule has 2 aromatic carbocycles.